The van der Waals surface area contributed by atoms with Gasteiger partial charge in [-0.15, -0.1) is 0 Å². The highest BCUT2D eigenvalue weighted by atomic mass is 14.0. The molecule has 0 unspecified atom stereocenters. The average Bonchev–Trinajstić information content (AvgIpc) is 2.19. The average molecular weight is 138 g/mol. The second-order valence-corrected chi connectivity index (χ2v) is 2.78. The van der Waals surface area contributed by atoms with Crippen LogP contribution in [-0.2, 0) is 0 Å². The lowest BCUT2D eigenvalue weighted by atomic mass is 10.2. The molecule has 0 saturated heterocycles. The molecule has 0 fully saturated rings. The summed E-state index contributed by atoms with van der Waals surface area (Å²) < 4.78 is 0. The minimum absolute atomic E-state index is 1.17. The van der Waals surface area contributed by atoms with Crippen molar-refractivity contribution < 1.29 is 0 Å². The Morgan fingerprint density at radius 1 is 1.30 bits per heavy atom. The largest absolute Gasteiger partial charge is 0.0802 e. The molecule has 0 nitrogen and oxygen atoms in total. The van der Waals surface area contributed by atoms with Crippen LogP contribution in [-0.4, -0.2) is 0 Å². The first-order valence-electron chi connectivity index (χ1n) is 4.05. The topological polar surface area (TPSA) is 0 Å². The van der Waals surface area contributed by atoms with Crippen molar-refractivity contribution in [2.24, 2.45) is 0 Å². The Balaban J connectivity index is 0.000000236. The van der Waals surface area contributed by atoms with Gasteiger partial charge in [0.15, 0.2) is 0 Å². The molecule has 0 heterocycles. The van der Waals surface area contributed by atoms with Gasteiger partial charge in [0.2, 0.25) is 0 Å². The van der Waals surface area contributed by atoms with E-state index < -0.39 is 0 Å². The summed E-state index contributed by atoms with van der Waals surface area (Å²) in [5.41, 5.74) is 2.96. The van der Waals surface area contributed by atoms with Crippen LogP contribution in [0.1, 0.15) is 40.5 Å². The highest BCUT2D eigenvalue weighted by Gasteiger charge is 1.95. The molecule has 1 aliphatic carbocycles. The maximum absolute atomic E-state index is 2.20. The SMILES string of the molecule is CC1=C(C)CC=C1.CCC. The zero-order chi connectivity index (χ0) is 7.98. The molecule has 0 aromatic rings. The molecule has 0 aromatic heterocycles. The molecule has 0 amide bonds. The van der Waals surface area contributed by atoms with E-state index in [-0.39, 0.29) is 0 Å². The van der Waals surface area contributed by atoms with Crippen LogP contribution in [0.25, 0.3) is 0 Å². The minimum atomic E-state index is 1.17. The molecule has 0 radical (unpaired) electrons. The zero-order valence-corrected chi connectivity index (χ0v) is 7.57. The molecule has 0 spiro atoms. The van der Waals surface area contributed by atoms with Crippen molar-refractivity contribution in [2.45, 2.75) is 40.5 Å². The van der Waals surface area contributed by atoms with Crippen LogP contribution in [0.4, 0.5) is 0 Å². The van der Waals surface area contributed by atoms with Crippen molar-refractivity contribution in [1.29, 1.82) is 0 Å². The number of hydrogen-bond donors (Lipinski definition) is 0. The predicted octanol–water partition coefficient (Wildman–Crippen LogP) is 3.70. The smallest absolute Gasteiger partial charge is 0.0133 e. The van der Waals surface area contributed by atoms with Crippen LogP contribution < -0.4 is 0 Å². The first-order valence-corrected chi connectivity index (χ1v) is 4.05. The van der Waals surface area contributed by atoms with Crippen molar-refractivity contribution in [2.75, 3.05) is 0 Å². The maximum atomic E-state index is 2.20. The number of allylic oxidation sites excluding steroid dienone is 4. The third kappa shape index (κ3) is 3.49. The summed E-state index contributed by atoms with van der Waals surface area (Å²) in [4.78, 5) is 0. The lowest BCUT2D eigenvalue weighted by Gasteiger charge is -1.87. The van der Waals surface area contributed by atoms with E-state index in [0.29, 0.717) is 0 Å². The second kappa shape index (κ2) is 5.28. The van der Waals surface area contributed by atoms with Crippen LogP contribution >= 0.6 is 0 Å². The Bertz CT molecular complexity index is 138. The molecule has 0 N–H and O–H groups in total. The van der Waals surface area contributed by atoms with Crippen molar-refractivity contribution >= 4 is 0 Å². The molecule has 1 rings (SSSR count). The van der Waals surface area contributed by atoms with Crippen molar-refractivity contribution in [3.8, 4) is 0 Å². The molecule has 0 aromatic carbocycles. The first-order chi connectivity index (χ1) is 4.72. The lowest BCUT2D eigenvalue weighted by Crippen LogP contribution is -1.67. The van der Waals surface area contributed by atoms with Gasteiger partial charge in [0, 0.05) is 0 Å². The summed E-state index contributed by atoms with van der Waals surface area (Å²) in [7, 11) is 0. The molecule has 1 aliphatic rings. The van der Waals surface area contributed by atoms with Gasteiger partial charge in [0.25, 0.3) is 0 Å². The molecule has 0 heteroatoms. The monoisotopic (exact) mass is 138 g/mol. The third-order valence-electron chi connectivity index (χ3n) is 1.47. The van der Waals surface area contributed by atoms with Crippen LogP contribution in [0.2, 0.25) is 0 Å². The Morgan fingerprint density at radius 3 is 1.90 bits per heavy atom. The van der Waals surface area contributed by atoms with Crippen molar-refractivity contribution in [1.82, 2.24) is 0 Å². The highest BCUT2D eigenvalue weighted by Crippen LogP contribution is 2.16. The summed E-state index contributed by atoms with van der Waals surface area (Å²) in [5, 5.41) is 0. The van der Waals surface area contributed by atoms with Crippen LogP contribution in [0, 0.1) is 0 Å². The van der Waals surface area contributed by atoms with E-state index >= 15 is 0 Å². The first kappa shape index (κ1) is 9.48. The zero-order valence-electron chi connectivity index (χ0n) is 7.57. The Morgan fingerprint density at radius 2 is 1.80 bits per heavy atom. The quantitative estimate of drug-likeness (QED) is 0.479. The van der Waals surface area contributed by atoms with E-state index in [9.17, 15) is 0 Å². The van der Waals surface area contributed by atoms with Gasteiger partial charge in [-0.2, -0.15) is 0 Å². The van der Waals surface area contributed by atoms with Crippen LogP contribution in [0.15, 0.2) is 23.3 Å². The Labute approximate surface area is 64.6 Å². The standard InChI is InChI=1S/C7H10.C3H8/c1-6-4-3-5-7(6)2;1-3-2/h3-4H,5H2,1-2H3;3H2,1-2H3. The summed E-state index contributed by atoms with van der Waals surface area (Å²) in [5.74, 6) is 0. The van der Waals surface area contributed by atoms with E-state index in [1.807, 2.05) is 0 Å². The van der Waals surface area contributed by atoms with Gasteiger partial charge in [-0.25, -0.2) is 0 Å². The fraction of sp³-hybridized carbons (Fsp3) is 0.600. The summed E-state index contributed by atoms with van der Waals surface area (Å²) in [6.45, 7) is 8.58. The van der Waals surface area contributed by atoms with E-state index in [4.69, 9.17) is 0 Å². The fourth-order valence-electron chi connectivity index (χ4n) is 0.716. The van der Waals surface area contributed by atoms with E-state index in [1.165, 1.54) is 24.0 Å². The molecule has 10 heavy (non-hydrogen) atoms. The molecule has 58 valence electrons. The van der Waals surface area contributed by atoms with Gasteiger partial charge in [0.05, 0.1) is 0 Å². The number of hydrogen-bond acceptors (Lipinski definition) is 0. The summed E-state index contributed by atoms with van der Waals surface area (Å²) >= 11 is 0. The van der Waals surface area contributed by atoms with Gasteiger partial charge in [-0.3, -0.25) is 0 Å². The van der Waals surface area contributed by atoms with Crippen molar-refractivity contribution in [3.63, 3.8) is 0 Å². The van der Waals surface area contributed by atoms with Crippen LogP contribution in [0.3, 0.4) is 0 Å². The minimum Gasteiger partial charge on any atom is -0.0802 e. The Kier molecular flexibility index (Phi) is 5.00. The molecular formula is C10H18. The van der Waals surface area contributed by atoms with Crippen molar-refractivity contribution in [3.05, 3.63) is 23.3 Å². The Hall–Kier alpha value is -0.520. The van der Waals surface area contributed by atoms with Gasteiger partial charge < -0.3 is 0 Å². The van der Waals surface area contributed by atoms with E-state index in [0.717, 1.165) is 0 Å². The molecule has 0 saturated carbocycles. The van der Waals surface area contributed by atoms with Gasteiger partial charge in [-0.1, -0.05) is 43.6 Å². The van der Waals surface area contributed by atoms with Crippen LogP contribution in [0.5, 0.6) is 0 Å². The fourth-order valence-corrected chi connectivity index (χ4v) is 0.716. The van der Waals surface area contributed by atoms with Gasteiger partial charge >= 0.3 is 0 Å². The molecule has 0 aliphatic heterocycles. The second-order valence-electron chi connectivity index (χ2n) is 2.78. The van der Waals surface area contributed by atoms with Gasteiger partial charge in [-0.05, 0) is 20.3 Å². The third-order valence-corrected chi connectivity index (χ3v) is 1.47. The molecular weight excluding hydrogens is 120 g/mol. The maximum Gasteiger partial charge on any atom is -0.0133 e. The predicted molar refractivity (Wildman–Crippen MR) is 48.1 cm³/mol. The molecule has 0 bridgehead atoms. The molecule has 0 atom stereocenters. The summed E-state index contributed by atoms with van der Waals surface area (Å²) in [6, 6.07) is 0. The van der Waals surface area contributed by atoms with Gasteiger partial charge in [0.1, 0.15) is 0 Å². The summed E-state index contributed by atoms with van der Waals surface area (Å²) in [6.07, 6.45) is 6.80. The normalized spacial score (nSPS) is 15.2. The highest BCUT2D eigenvalue weighted by molar-refractivity contribution is 5.30. The van der Waals surface area contributed by atoms with E-state index in [2.05, 4.69) is 39.8 Å². The lowest BCUT2D eigenvalue weighted by molar-refractivity contribution is 1.09. The van der Waals surface area contributed by atoms with E-state index in [1.54, 1.807) is 0 Å². The number of rotatable bonds is 0.